The highest BCUT2D eigenvalue weighted by molar-refractivity contribution is 9.10. The van der Waals surface area contributed by atoms with E-state index in [1.807, 2.05) is 0 Å². The van der Waals surface area contributed by atoms with Crippen LogP contribution in [0.5, 0.6) is 0 Å². The number of nitrogens with zero attached hydrogens (tertiary/aromatic N) is 1. The van der Waals surface area contributed by atoms with Crippen LogP contribution in [0.1, 0.15) is 13.8 Å². The van der Waals surface area contributed by atoms with E-state index in [2.05, 4.69) is 15.9 Å². The summed E-state index contributed by atoms with van der Waals surface area (Å²) in [5.41, 5.74) is 0. The molecule has 0 rings (SSSR count). The molecule has 0 aromatic rings. The first-order chi connectivity index (χ1) is 4.76. The molecule has 5 nitrogen and oxygen atoms in total. The topological polar surface area (TPSA) is 83.6 Å². The van der Waals surface area contributed by atoms with Gasteiger partial charge in [-0.25, -0.2) is 0 Å². The molecule has 11 heavy (non-hydrogen) atoms. The monoisotopic (exact) mass is 227 g/mol. The van der Waals surface area contributed by atoms with Gasteiger partial charge in [0.1, 0.15) is 6.10 Å². The van der Waals surface area contributed by atoms with Crippen molar-refractivity contribution in [3.63, 3.8) is 0 Å². The molecular formula is C5H10BrNO4. The second kappa shape index (κ2) is 3.46. The molecule has 0 aliphatic heterocycles. The minimum Gasteiger partial charge on any atom is -0.386 e. The molecule has 0 aromatic heterocycles. The Morgan fingerprint density at radius 3 is 2.09 bits per heavy atom. The fourth-order valence-electron chi connectivity index (χ4n) is 0.809. The van der Waals surface area contributed by atoms with Crippen molar-refractivity contribution < 1.29 is 15.1 Å². The zero-order valence-electron chi connectivity index (χ0n) is 6.19. The zero-order chi connectivity index (χ0) is 9.23. The number of hydrogen-bond donors (Lipinski definition) is 2. The van der Waals surface area contributed by atoms with Gasteiger partial charge < -0.3 is 10.2 Å². The van der Waals surface area contributed by atoms with Gasteiger partial charge >= 0.3 is 0 Å². The highest BCUT2D eigenvalue weighted by Gasteiger charge is 2.42. The Bertz CT molecular complexity index is 153. The largest absolute Gasteiger partial charge is 0.386 e. The maximum absolute atomic E-state index is 10.2. The summed E-state index contributed by atoms with van der Waals surface area (Å²) in [6.45, 7) is 2.47. The molecule has 0 aromatic carbocycles. The smallest absolute Gasteiger partial charge is 0.275 e. The van der Waals surface area contributed by atoms with E-state index in [9.17, 15) is 10.1 Å². The lowest BCUT2D eigenvalue weighted by molar-refractivity contribution is -0.547. The summed E-state index contributed by atoms with van der Waals surface area (Å²) in [5, 5.41) is 28.3. The zero-order valence-corrected chi connectivity index (χ0v) is 7.78. The van der Waals surface area contributed by atoms with Crippen LogP contribution >= 0.6 is 15.9 Å². The molecule has 0 radical (unpaired) electrons. The number of rotatable bonds is 3. The summed E-state index contributed by atoms with van der Waals surface area (Å²) in [4.78, 5) is 9.52. The molecule has 0 saturated heterocycles. The third-order valence-electron chi connectivity index (χ3n) is 1.22. The third-order valence-corrected chi connectivity index (χ3v) is 1.69. The summed E-state index contributed by atoms with van der Waals surface area (Å²) >= 11 is 2.70. The maximum Gasteiger partial charge on any atom is 0.275 e. The van der Waals surface area contributed by atoms with E-state index in [0.717, 1.165) is 0 Å². The highest BCUT2D eigenvalue weighted by atomic mass is 79.9. The van der Waals surface area contributed by atoms with Gasteiger partial charge in [0.25, 0.3) is 6.04 Å². The molecule has 6 heteroatoms. The minimum atomic E-state index is -1.68. The van der Waals surface area contributed by atoms with Crippen LogP contribution in [0.3, 0.4) is 0 Å². The van der Waals surface area contributed by atoms with E-state index in [0.29, 0.717) is 0 Å². The van der Waals surface area contributed by atoms with Crippen LogP contribution in [0.4, 0.5) is 0 Å². The van der Waals surface area contributed by atoms with Crippen LogP contribution in [0.25, 0.3) is 0 Å². The van der Waals surface area contributed by atoms with Gasteiger partial charge in [-0.1, -0.05) is 0 Å². The molecule has 0 unspecified atom stereocenters. The SMILES string of the molecule is C[C@H](O)[C@H]([N+](=O)[O-])[C@@](C)(O)Br. The summed E-state index contributed by atoms with van der Waals surface area (Å²) in [7, 11) is 0. The summed E-state index contributed by atoms with van der Waals surface area (Å²) < 4.78 is -1.68. The van der Waals surface area contributed by atoms with Gasteiger partial charge in [-0.15, -0.1) is 0 Å². The van der Waals surface area contributed by atoms with Crippen LogP contribution in [-0.2, 0) is 0 Å². The summed E-state index contributed by atoms with van der Waals surface area (Å²) in [6.07, 6.45) is -1.20. The normalized spacial score (nSPS) is 21.9. The van der Waals surface area contributed by atoms with Crippen molar-refractivity contribution in [3.8, 4) is 0 Å². The van der Waals surface area contributed by atoms with Crippen molar-refractivity contribution in [2.24, 2.45) is 0 Å². The van der Waals surface area contributed by atoms with Crippen LogP contribution in [0, 0.1) is 10.1 Å². The lowest BCUT2D eigenvalue weighted by Gasteiger charge is -2.21. The second-order valence-corrected chi connectivity index (χ2v) is 4.10. The fourth-order valence-corrected chi connectivity index (χ4v) is 1.36. The molecule has 0 amide bonds. The molecule has 0 bridgehead atoms. The Kier molecular flexibility index (Phi) is 3.40. The molecule has 3 atom stereocenters. The first-order valence-electron chi connectivity index (χ1n) is 2.99. The number of hydrogen-bond acceptors (Lipinski definition) is 4. The van der Waals surface area contributed by atoms with Crippen LogP contribution < -0.4 is 0 Å². The molecule has 66 valence electrons. The van der Waals surface area contributed by atoms with Crippen LogP contribution in [0.15, 0.2) is 0 Å². The fraction of sp³-hybridized carbons (Fsp3) is 1.00. The first kappa shape index (κ1) is 10.8. The van der Waals surface area contributed by atoms with E-state index in [1.165, 1.54) is 13.8 Å². The molecule has 0 spiro atoms. The highest BCUT2D eigenvalue weighted by Crippen LogP contribution is 2.22. The van der Waals surface area contributed by atoms with Crippen molar-refractivity contribution in [1.29, 1.82) is 0 Å². The van der Waals surface area contributed by atoms with Gasteiger partial charge in [-0.2, -0.15) is 0 Å². The molecule has 0 fully saturated rings. The summed E-state index contributed by atoms with van der Waals surface area (Å²) in [5.74, 6) is 0. The molecule has 0 heterocycles. The van der Waals surface area contributed by atoms with Crippen LogP contribution in [-0.4, -0.2) is 31.8 Å². The molecular weight excluding hydrogens is 218 g/mol. The average Bonchev–Trinajstić information content (AvgIpc) is 1.54. The number of alkyl halides is 1. The molecule has 0 aliphatic rings. The van der Waals surface area contributed by atoms with Gasteiger partial charge in [-0.3, -0.25) is 10.1 Å². The predicted molar refractivity (Wildman–Crippen MR) is 42.0 cm³/mol. The summed E-state index contributed by atoms with van der Waals surface area (Å²) in [6, 6.07) is -1.41. The quantitative estimate of drug-likeness (QED) is 0.408. The lowest BCUT2D eigenvalue weighted by Crippen LogP contribution is -2.46. The number of halogens is 1. The van der Waals surface area contributed by atoms with Gasteiger partial charge in [-0.05, 0) is 29.8 Å². The first-order valence-corrected chi connectivity index (χ1v) is 3.79. The van der Waals surface area contributed by atoms with E-state index in [4.69, 9.17) is 10.2 Å². The Morgan fingerprint density at radius 1 is 1.73 bits per heavy atom. The van der Waals surface area contributed by atoms with Gasteiger partial charge in [0.05, 0.1) is 0 Å². The van der Waals surface area contributed by atoms with E-state index >= 15 is 0 Å². The van der Waals surface area contributed by atoms with E-state index in [1.54, 1.807) is 0 Å². The van der Waals surface area contributed by atoms with Crippen molar-refractivity contribution in [3.05, 3.63) is 10.1 Å². The van der Waals surface area contributed by atoms with Gasteiger partial charge in [0, 0.05) is 4.92 Å². The predicted octanol–water partition coefficient (Wildman–Crippen LogP) is 0.116. The van der Waals surface area contributed by atoms with Gasteiger partial charge in [0.15, 0.2) is 4.51 Å². The Morgan fingerprint density at radius 2 is 2.09 bits per heavy atom. The standard InChI is InChI=1S/C5H10BrNO4/c1-3(8)4(7(10)11)5(2,6)9/h3-4,8-9H,1-2H3/t3-,4-,5+/m0/s1. The molecule has 2 N–H and O–H groups in total. The Labute approximate surface area is 72.3 Å². The average molecular weight is 228 g/mol. The van der Waals surface area contributed by atoms with Gasteiger partial charge in [0.2, 0.25) is 0 Å². The number of aliphatic hydroxyl groups is 2. The molecule has 0 saturated carbocycles. The van der Waals surface area contributed by atoms with Crippen LogP contribution in [0.2, 0.25) is 0 Å². The van der Waals surface area contributed by atoms with Crippen molar-refractivity contribution >= 4 is 15.9 Å². The minimum absolute atomic E-state index is 0.723. The molecule has 0 aliphatic carbocycles. The Hall–Kier alpha value is -0.200. The second-order valence-electron chi connectivity index (χ2n) is 2.49. The Balaban J connectivity index is 4.49. The van der Waals surface area contributed by atoms with Crippen molar-refractivity contribution in [2.45, 2.75) is 30.5 Å². The number of nitro groups is 1. The third kappa shape index (κ3) is 3.13. The van der Waals surface area contributed by atoms with E-state index < -0.39 is 21.6 Å². The lowest BCUT2D eigenvalue weighted by atomic mass is 10.1. The maximum atomic E-state index is 10.2. The van der Waals surface area contributed by atoms with Crippen molar-refractivity contribution in [2.75, 3.05) is 0 Å². The number of aliphatic hydroxyl groups excluding tert-OH is 1. The van der Waals surface area contributed by atoms with Crippen molar-refractivity contribution in [1.82, 2.24) is 0 Å². The van der Waals surface area contributed by atoms with E-state index in [-0.39, 0.29) is 0 Å².